The summed E-state index contributed by atoms with van der Waals surface area (Å²) in [6, 6.07) is 0. The average Bonchev–Trinajstić information content (AvgIpc) is 2.83. The van der Waals surface area contributed by atoms with Gasteiger partial charge in [0.25, 0.3) is 5.56 Å². The molecule has 0 saturated carbocycles. The largest absolute Gasteiger partial charge is 0.389 e. The first-order chi connectivity index (χ1) is 10.7. The minimum atomic E-state index is -0.801. The molecule has 0 unspecified atom stereocenters. The molecule has 0 saturated heterocycles. The molecule has 2 N–H and O–H groups in total. The topological polar surface area (TPSA) is 105 Å². The van der Waals surface area contributed by atoms with E-state index in [0.29, 0.717) is 5.95 Å². The summed E-state index contributed by atoms with van der Waals surface area (Å²) < 4.78 is 8.27. The number of nitrogens with zero attached hydrogens (tertiary/aromatic N) is 4. The molecule has 0 radical (unpaired) electrons. The van der Waals surface area contributed by atoms with E-state index in [-0.39, 0.29) is 30.4 Å². The standard InChI is InChI=1S/C14H23N5O4/c1-8(2)23-7-9(20)6-19-10-11(15-13(19)17(3)4)18(5)14(22)16-12(10)21/h8-9,20H,6-7H2,1-5H3,(H,16,21,22)/t9-/m1/s1. The predicted octanol–water partition coefficient (Wildman–Crippen LogP) is -0.725. The van der Waals surface area contributed by atoms with Crippen molar-refractivity contribution in [3.05, 3.63) is 20.8 Å². The van der Waals surface area contributed by atoms with Crippen LogP contribution in [0.1, 0.15) is 13.8 Å². The van der Waals surface area contributed by atoms with Crippen LogP contribution in [0.5, 0.6) is 0 Å². The van der Waals surface area contributed by atoms with Crippen molar-refractivity contribution in [2.24, 2.45) is 7.05 Å². The number of hydrogen-bond acceptors (Lipinski definition) is 6. The van der Waals surface area contributed by atoms with Gasteiger partial charge in [0.05, 0.1) is 25.4 Å². The molecule has 0 spiro atoms. The molecule has 0 fully saturated rings. The molecule has 9 nitrogen and oxygen atoms in total. The van der Waals surface area contributed by atoms with E-state index in [0.717, 1.165) is 0 Å². The van der Waals surface area contributed by atoms with Crippen LogP contribution >= 0.6 is 0 Å². The van der Waals surface area contributed by atoms with Crippen molar-refractivity contribution < 1.29 is 9.84 Å². The maximum Gasteiger partial charge on any atom is 0.329 e. The smallest absolute Gasteiger partial charge is 0.329 e. The number of anilines is 1. The molecule has 1 atom stereocenters. The van der Waals surface area contributed by atoms with Crippen molar-refractivity contribution in [2.75, 3.05) is 25.6 Å². The third kappa shape index (κ3) is 3.45. The van der Waals surface area contributed by atoms with Gasteiger partial charge in [-0.1, -0.05) is 0 Å². The van der Waals surface area contributed by atoms with Crippen molar-refractivity contribution in [1.29, 1.82) is 0 Å². The van der Waals surface area contributed by atoms with E-state index in [4.69, 9.17) is 4.74 Å². The summed E-state index contributed by atoms with van der Waals surface area (Å²) in [6.07, 6.45) is -0.799. The SMILES string of the molecule is CC(C)OC[C@H](O)Cn1c(N(C)C)nc2c1c(=O)[nH]c(=O)n2C. The molecule has 0 aliphatic heterocycles. The van der Waals surface area contributed by atoms with Gasteiger partial charge in [-0.15, -0.1) is 0 Å². The maximum atomic E-state index is 12.2. The fourth-order valence-corrected chi connectivity index (χ4v) is 2.30. The Morgan fingerprint density at radius 2 is 2.00 bits per heavy atom. The van der Waals surface area contributed by atoms with Crippen LogP contribution in [0.2, 0.25) is 0 Å². The maximum absolute atomic E-state index is 12.2. The molecule has 2 aromatic rings. The number of ether oxygens (including phenoxy) is 1. The molecular weight excluding hydrogens is 302 g/mol. The van der Waals surface area contributed by atoms with Gasteiger partial charge in [0.15, 0.2) is 11.2 Å². The lowest BCUT2D eigenvalue weighted by Crippen LogP contribution is -2.31. The van der Waals surface area contributed by atoms with Crippen LogP contribution in [0.25, 0.3) is 11.2 Å². The summed E-state index contributed by atoms with van der Waals surface area (Å²) in [7, 11) is 5.09. The van der Waals surface area contributed by atoms with Gasteiger partial charge >= 0.3 is 5.69 Å². The second-order valence-corrected chi connectivity index (χ2v) is 5.94. The summed E-state index contributed by atoms with van der Waals surface area (Å²) in [4.78, 5) is 32.3. The fourth-order valence-electron chi connectivity index (χ4n) is 2.30. The molecule has 0 amide bonds. The van der Waals surface area contributed by atoms with E-state index in [1.807, 2.05) is 13.8 Å². The van der Waals surface area contributed by atoms with Crippen LogP contribution in [-0.2, 0) is 18.3 Å². The third-order valence-electron chi connectivity index (χ3n) is 3.40. The van der Waals surface area contributed by atoms with Gasteiger partial charge in [0.1, 0.15) is 0 Å². The first-order valence-electron chi connectivity index (χ1n) is 7.39. The minimum Gasteiger partial charge on any atom is -0.389 e. The normalized spacial score (nSPS) is 13.0. The molecule has 2 heterocycles. The number of H-pyrrole nitrogens is 1. The molecular formula is C14H23N5O4. The summed E-state index contributed by atoms with van der Waals surface area (Å²) in [5.41, 5.74) is -0.527. The quantitative estimate of drug-likeness (QED) is 0.726. The third-order valence-corrected chi connectivity index (χ3v) is 3.40. The minimum absolute atomic E-state index is 0.00160. The molecule has 0 aromatic carbocycles. The van der Waals surface area contributed by atoms with Crippen LogP contribution in [0.4, 0.5) is 5.95 Å². The second-order valence-electron chi connectivity index (χ2n) is 5.94. The molecule has 9 heteroatoms. The highest BCUT2D eigenvalue weighted by Gasteiger charge is 2.20. The van der Waals surface area contributed by atoms with Crippen molar-refractivity contribution in [3.63, 3.8) is 0 Å². The van der Waals surface area contributed by atoms with E-state index in [9.17, 15) is 14.7 Å². The first-order valence-corrected chi connectivity index (χ1v) is 7.39. The molecule has 2 rings (SSSR count). The van der Waals surface area contributed by atoms with Gasteiger partial charge in [0, 0.05) is 21.1 Å². The van der Waals surface area contributed by atoms with Gasteiger partial charge in [-0.25, -0.2) is 4.79 Å². The zero-order valence-electron chi connectivity index (χ0n) is 14.0. The molecule has 128 valence electrons. The lowest BCUT2D eigenvalue weighted by atomic mass is 10.3. The van der Waals surface area contributed by atoms with E-state index >= 15 is 0 Å². The lowest BCUT2D eigenvalue weighted by Gasteiger charge is -2.18. The van der Waals surface area contributed by atoms with Crippen molar-refractivity contribution in [2.45, 2.75) is 32.6 Å². The fraction of sp³-hybridized carbons (Fsp3) is 0.643. The summed E-state index contributed by atoms with van der Waals surface area (Å²) in [5, 5.41) is 10.2. The molecule has 2 aromatic heterocycles. The van der Waals surface area contributed by atoms with Crippen molar-refractivity contribution in [3.8, 4) is 0 Å². The Morgan fingerprint density at radius 1 is 1.35 bits per heavy atom. The molecule has 23 heavy (non-hydrogen) atoms. The highest BCUT2D eigenvalue weighted by molar-refractivity contribution is 5.74. The van der Waals surface area contributed by atoms with Gasteiger partial charge < -0.3 is 19.3 Å². The summed E-state index contributed by atoms with van der Waals surface area (Å²) in [5.74, 6) is 0.482. The van der Waals surface area contributed by atoms with Crippen LogP contribution in [0.3, 0.4) is 0 Å². The summed E-state index contributed by atoms with van der Waals surface area (Å²) in [6.45, 7) is 4.04. The monoisotopic (exact) mass is 325 g/mol. The molecule has 0 aliphatic rings. The van der Waals surface area contributed by atoms with Gasteiger partial charge in [-0.2, -0.15) is 4.98 Å². The van der Waals surface area contributed by atoms with E-state index in [1.165, 1.54) is 11.6 Å². The molecule has 0 aliphatic carbocycles. The summed E-state index contributed by atoms with van der Waals surface area (Å²) >= 11 is 0. The zero-order chi connectivity index (χ0) is 17.3. The Labute approximate surface area is 133 Å². The predicted molar refractivity (Wildman–Crippen MR) is 87.0 cm³/mol. The van der Waals surface area contributed by atoms with Gasteiger partial charge in [-0.3, -0.25) is 14.3 Å². The highest BCUT2D eigenvalue weighted by Crippen LogP contribution is 2.18. The lowest BCUT2D eigenvalue weighted by molar-refractivity contribution is -0.000156. The van der Waals surface area contributed by atoms with Gasteiger partial charge in [0.2, 0.25) is 5.95 Å². The number of fused-ring (bicyclic) bond motifs is 1. The van der Waals surface area contributed by atoms with E-state index < -0.39 is 17.4 Å². The molecule has 0 bridgehead atoms. The van der Waals surface area contributed by atoms with E-state index in [2.05, 4.69) is 9.97 Å². The van der Waals surface area contributed by atoms with Crippen LogP contribution < -0.4 is 16.1 Å². The van der Waals surface area contributed by atoms with E-state index in [1.54, 1.807) is 23.6 Å². The number of aliphatic hydroxyl groups is 1. The van der Waals surface area contributed by atoms with Crippen LogP contribution in [0, 0.1) is 0 Å². The number of nitrogens with one attached hydrogen (secondary N) is 1. The number of aromatic amines is 1. The van der Waals surface area contributed by atoms with Crippen molar-refractivity contribution in [1.82, 2.24) is 19.1 Å². The second kappa shape index (κ2) is 6.55. The number of imidazole rings is 1. The number of aryl methyl sites for hydroxylation is 1. The average molecular weight is 325 g/mol. The van der Waals surface area contributed by atoms with Gasteiger partial charge in [-0.05, 0) is 13.8 Å². The first kappa shape index (κ1) is 17.2. The van der Waals surface area contributed by atoms with Crippen molar-refractivity contribution >= 4 is 17.1 Å². The number of aromatic nitrogens is 4. The Kier molecular flexibility index (Phi) is 4.90. The number of rotatable bonds is 6. The number of aliphatic hydroxyl groups excluding tert-OH is 1. The Morgan fingerprint density at radius 3 is 2.57 bits per heavy atom. The zero-order valence-corrected chi connectivity index (χ0v) is 14.0. The Bertz CT molecular complexity index is 802. The Balaban J connectivity index is 2.52. The Hall–Kier alpha value is -2.13. The van der Waals surface area contributed by atoms with Crippen LogP contribution in [-0.4, -0.2) is 57.1 Å². The number of hydrogen-bond donors (Lipinski definition) is 2. The van der Waals surface area contributed by atoms with Crippen LogP contribution in [0.15, 0.2) is 9.59 Å². The highest BCUT2D eigenvalue weighted by atomic mass is 16.5.